The van der Waals surface area contributed by atoms with Gasteiger partial charge in [-0.25, -0.2) is 0 Å². The maximum absolute atomic E-state index is 4.42. The average molecular weight is 284 g/mol. The van der Waals surface area contributed by atoms with Crippen molar-refractivity contribution in [2.75, 3.05) is 0 Å². The van der Waals surface area contributed by atoms with Crippen LogP contribution in [0.15, 0.2) is 24.3 Å². The van der Waals surface area contributed by atoms with Gasteiger partial charge in [-0.2, -0.15) is 0 Å². The van der Waals surface area contributed by atoms with Gasteiger partial charge in [0.25, 0.3) is 0 Å². The topological polar surface area (TPSA) is 42.7 Å². The van der Waals surface area contributed by atoms with E-state index in [2.05, 4.69) is 58.2 Å². The number of fused-ring (bicyclic) bond motifs is 1. The van der Waals surface area contributed by atoms with E-state index < -0.39 is 0 Å². The molecule has 0 bridgehead atoms. The van der Waals surface area contributed by atoms with E-state index in [1.54, 1.807) is 0 Å². The van der Waals surface area contributed by atoms with E-state index in [1.165, 1.54) is 30.4 Å². The van der Waals surface area contributed by atoms with Crippen LogP contribution in [0.3, 0.4) is 0 Å². The standard InChI is InChI=1S/C17H24N4/c1-13-7-9-15(10-8-13)12-18-14(2)17-20-19-16-6-4-3-5-11-21(16)17/h7-10,14,18H,3-6,11-12H2,1-2H3. The molecule has 1 aromatic carbocycles. The molecule has 3 rings (SSSR count). The average Bonchev–Trinajstić information content (AvgIpc) is 2.75. The molecule has 0 saturated carbocycles. The van der Waals surface area contributed by atoms with Crippen molar-refractivity contribution in [3.8, 4) is 0 Å². The lowest BCUT2D eigenvalue weighted by Crippen LogP contribution is -2.22. The van der Waals surface area contributed by atoms with E-state index >= 15 is 0 Å². The Morgan fingerprint density at radius 1 is 1.14 bits per heavy atom. The number of aryl methyl sites for hydroxylation is 2. The zero-order chi connectivity index (χ0) is 14.7. The monoisotopic (exact) mass is 284 g/mol. The molecule has 1 unspecified atom stereocenters. The van der Waals surface area contributed by atoms with Gasteiger partial charge in [-0.1, -0.05) is 36.2 Å². The van der Waals surface area contributed by atoms with Gasteiger partial charge in [-0.05, 0) is 32.3 Å². The van der Waals surface area contributed by atoms with E-state index in [1.807, 2.05) is 0 Å². The van der Waals surface area contributed by atoms with Crippen molar-refractivity contribution in [1.82, 2.24) is 20.1 Å². The fourth-order valence-corrected chi connectivity index (χ4v) is 2.90. The quantitative estimate of drug-likeness (QED) is 0.937. The molecule has 2 aromatic rings. The summed E-state index contributed by atoms with van der Waals surface area (Å²) in [5, 5.41) is 12.4. The fourth-order valence-electron chi connectivity index (χ4n) is 2.90. The molecule has 1 aliphatic heterocycles. The summed E-state index contributed by atoms with van der Waals surface area (Å²) in [4.78, 5) is 0. The largest absolute Gasteiger partial charge is 0.314 e. The SMILES string of the molecule is Cc1ccc(CNC(C)c2nnc3n2CCCCC3)cc1. The maximum atomic E-state index is 4.42. The van der Waals surface area contributed by atoms with Gasteiger partial charge in [-0.3, -0.25) is 0 Å². The molecule has 21 heavy (non-hydrogen) atoms. The van der Waals surface area contributed by atoms with Crippen molar-refractivity contribution in [3.63, 3.8) is 0 Å². The van der Waals surface area contributed by atoms with E-state index in [4.69, 9.17) is 0 Å². The highest BCUT2D eigenvalue weighted by Gasteiger charge is 2.18. The van der Waals surface area contributed by atoms with Crippen LogP contribution in [0.25, 0.3) is 0 Å². The zero-order valence-corrected chi connectivity index (χ0v) is 13.0. The van der Waals surface area contributed by atoms with Gasteiger partial charge in [0.05, 0.1) is 6.04 Å². The summed E-state index contributed by atoms with van der Waals surface area (Å²) in [6.07, 6.45) is 4.84. The Balaban J connectivity index is 1.66. The Hall–Kier alpha value is -1.68. The first kappa shape index (κ1) is 14.3. The molecule has 1 N–H and O–H groups in total. The van der Waals surface area contributed by atoms with E-state index in [0.29, 0.717) is 0 Å². The third kappa shape index (κ3) is 3.32. The van der Waals surface area contributed by atoms with Gasteiger partial charge in [0.15, 0.2) is 0 Å². The van der Waals surface area contributed by atoms with Crippen LogP contribution in [-0.2, 0) is 19.5 Å². The highest BCUT2D eigenvalue weighted by Crippen LogP contribution is 2.18. The van der Waals surface area contributed by atoms with Crippen LogP contribution in [0, 0.1) is 6.92 Å². The van der Waals surface area contributed by atoms with Gasteiger partial charge in [0.1, 0.15) is 11.6 Å². The highest BCUT2D eigenvalue weighted by atomic mass is 15.3. The molecular weight excluding hydrogens is 260 g/mol. The summed E-state index contributed by atoms with van der Waals surface area (Å²) in [7, 11) is 0. The Kier molecular flexibility index (Phi) is 4.34. The second kappa shape index (κ2) is 6.39. The minimum absolute atomic E-state index is 0.227. The predicted molar refractivity (Wildman–Crippen MR) is 84.0 cm³/mol. The summed E-state index contributed by atoms with van der Waals surface area (Å²) in [5.74, 6) is 2.24. The first-order valence-electron chi connectivity index (χ1n) is 7.95. The molecule has 4 nitrogen and oxygen atoms in total. The number of rotatable bonds is 4. The van der Waals surface area contributed by atoms with Crippen molar-refractivity contribution in [2.24, 2.45) is 0 Å². The van der Waals surface area contributed by atoms with Crippen LogP contribution in [-0.4, -0.2) is 14.8 Å². The minimum Gasteiger partial charge on any atom is -0.314 e. The predicted octanol–water partition coefficient (Wildman–Crippen LogP) is 3.16. The van der Waals surface area contributed by atoms with E-state index in [-0.39, 0.29) is 6.04 Å². The van der Waals surface area contributed by atoms with Crippen LogP contribution < -0.4 is 5.32 Å². The highest BCUT2D eigenvalue weighted by molar-refractivity contribution is 5.21. The van der Waals surface area contributed by atoms with E-state index in [0.717, 1.165) is 31.2 Å². The van der Waals surface area contributed by atoms with Crippen molar-refractivity contribution < 1.29 is 0 Å². The molecule has 112 valence electrons. The fraction of sp³-hybridized carbons (Fsp3) is 0.529. The first-order valence-corrected chi connectivity index (χ1v) is 7.95. The molecule has 1 aromatic heterocycles. The Morgan fingerprint density at radius 3 is 2.76 bits per heavy atom. The Morgan fingerprint density at radius 2 is 1.95 bits per heavy atom. The maximum Gasteiger partial charge on any atom is 0.149 e. The molecule has 0 spiro atoms. The normalized spacial score (nSPS) is 16.3. The number of benzene rings is 1. The molecule has 0 saturated heterocycles. The van der Waals surface area contributed by atoms with Crippen LogP contribution >= 0.6 is 0 Å². The van der Waals surface area contributed by atoms with Gasteiger partial charge in [0.2, 0.25) is 0 Å². The third-order valence-electron chi connectivity index (χ3n) is 4.26. The van der Waals surface area contributed by atoms with Gasteiger partial charge in [0, 0.05) is 19.5 Å². The van der Waals surface area contributed by atoms with Crippen LogP contribution in [0.5, 0.6) is 0 Å². The minimum atomic E-state index is 0.227. The van der Waals surface area contributed by atoms with Gasteiger partial charge >= 0.3 is 0 Å². The van der Waals surface area contributed by atoms with Crippen LogP contribution in [0.2, 0.25) is 0 Å². The zero-order valence-electron chi connectivity index (χ0n) is 13.0. The number of nitrogens with one attached hydrogen (secondary N) is 1. The molecule has 0 fully saturated rings. The number of nitrogens with zero attached hydrogens (tertiary/aromatic N) is 3. The van der Waals surface area contributed by atoms with Crippen LogP contribution in [0.1, 0.15) is 55.0 Å². The molecule has 4 heteroatoms. The smallest absolute Gasteiger partial charge is 0.149 e. The summed E-state index contributed by atoms with van der Waals surface area (Å²) >= 11 is 0. The summed E-state index contributed by atoms with van der Waals surface area (Å²) in [6.45, 7) is 6.22. The molecule has 1 aliphatic rings. The summed E-state index contributed by atoms with van der Waals surface area (Å²) in [6, 6.07) is 8.90. The van der Waals surface area contributed by atoms with Crippen molar-refractivity contribution >= 4 is 0 Å². The summed E-state index contributed by atoms with van der Waals surface area (Å²) in [5.41, 5.74) is 2.61. The lowest BCUT2D eigenvalue weighted by Gasteiger charge is -2.15. The lowest BCUT2D eigenvalue weighted by molar-refractivity contribution is 0.502. The van der Waals surface area contributed by atoms with E-state index in [9.17, 15) is 0 Å². The summed E-state index contributed by atoms with van der Waals surface area (Å²) < 4.78 is 2.32. The second-order valence-corrected chi connectivity index (χ2v) is 6.02. The van der Waals surface area contributed by atoms with Gasteiger partial charge < -0.3 is 9.88 Å². The van der Waals surface area contributed by atoms with Crippen molar-refractivity contribution in [1.29, 1.82) is 0 Å². The first-order chi connectivity index (χ1) is 10.2. The molecule has 0 aliphatic carbocycles. The Bertz CT molecular complexity index is 585. The van der Waals surface area contributed by atoms with Gasteiger partial charge in [-0.15, -0.1) is 10.2 Å². The molecule has 0 radical (unpaired) electrons. The number of aromatic nitrogens is 3. The molecule has 1 atom stereocenters. The third-order valence-corrected chi connectivity index (χ3v) is 4.26. The molecule has 2 heterocycles. The van der Waals surface area contributed by atoms with Crippen molar-refractivity contribution in [2.45, 2.75) is 58.7 Å². The Labute approximate surface area is 126 Å². The number of hydrogen-bond donors (Lipinski definition) is 1. The second-order valence-electron chi connectivity index (χ2n) is 6.02. The molecular formula is C17H24N4. The molecule has 0 amide bonds. The number of hydrogen-bond acceptors (Lipinski definition) is 3. The van der Waals surface area contributed by atoms with Crippen LogP contribution in [0.4, 0.5) is 0 Å². The lowest BCUT2D eigenvalue weighted by atomic mass is 10.1. The van der Waals surface area contributed by atoms with Crippen molar-refractivity contribution in [3.05, 3.63) is 47.0 Å².